The number of carbonyl (C=O) groups excluding carboxylic acids is 1. The number of amides is 1. The number of carbonyl (C=O) groups is 1. The van der Waals surface area contributed by atoms with Gasteiger partial charge in [0.25, 0.3) is 0 Å². The minimum Gasteiger partial charge on any atom is -0.353 e. The van der Waals surface area contributed by atoms with Gasteiger partial charge in [0.15, 0.2) is 0 Å². The molecule has 0 radical (unpaired) electrons. The van der Waals surface area contributed by atoms with Gasteiger partial charge >= 0.3 is 0 Å². The van der Waals surface area contributed by atoms with Crippen molar-refractivity contribution in [1.29, 1.82) is 0 Å². The highest BCUT2D eigenvalue weighted by atomic mass is 16.5. The number of hydrogen-bond acceptors (Lipinski definition) is 2. The summed E-state index contributed by atoms with van der Waals surface area (Å²) in [7, 11) is 0. The van der Waals surface area contributed by atoms with E-state index in [-0.39, 0.29) is 11.3 Å². The molecule has 3 nitrogen and oxygen atoms in total. The Morgan fingerprint density at radius 2 is 1.82 bits per heavy atom. The maximum Gasteiger partial charge on any atom is 0.225 e. The van der Waals surface area contributed by atoms with E-state index in [9.17, 15) is 4.79 Å². The normalized spacial score (nSPS) is 30.0. The Hall–Kier alpha value is -1.35. The summed E-state index contributed by atoms with van der Waals surface area (Å²) in [5.41, 5.74) is 1.04. The monoisotopic (exact) mass is 299 g/mol. The molecule has 1 aromatic carbocycles. The number of ether oxygens (including phenoxy) is 1. The van der Waals surface area contributed by atoms with Crippen molar-refractivity contribution in [1.82, 2.24) is 4.90 Å². The van der Waals surface area contributed by atoms with Gasteiger partial charge in [0.05, 0.1) is 12.1 Å². The van der Waals surface area contributed by atoms with E-state index < -0.39 is 0 Å². The summed E-state index contributed by atoms with van der Waals surface area (Å²) in [4.78, 5) is 14.8. The molecule has 3 fully saturated rings. The molecule has 0 bridgehead atoms. The maximum absolute atomic E-state index is 12.6. The third-order valence-corrected chi connectivity index (χ3v) is 5.90. The number of hydrogen-bond donors (Lipinski definition) is 0. The number of aryl methyl sites for hydroxylation is 1. The van der Waals surface area contributed by atoms with E-state index in [0.29, 0.717) is 12.3 Å². The van der Waals surface area contributed by atoms with E-state index in [1.807, 2.05) is 0 Å². The molecule has 1 saturated carbocycles. The fourth-order valence-corrected chi connectivity index (χ4v) is 4.79. The first-order valence-electron chi connectivity index (χ1n) is 8.75. The van der Waals surface area contributed by atoms with Crippen molar-refractivity contribution in [3.05, 3.63) is 35.9 Å². The van der Waals surface area contributed by atoms with Crippen LogP contribution in [0.3, 0.4) is 0 Å². The van der Waals surface area contributed by atoms with Gasteiger partial charge in [-0.1, -0.05) is 49.6 Å². The van der Waals surface area contributed by atoms with Gasteiger partial charge in [-0.15, -0.1) is 0 Å². The molecule has 118 valence electrons. The molecule has 1 aromatic rings. The molecule has 22 heavy (non-hydrogen) atoms. The fraction of sp³-hybridized carbons (Fsp3) is 0.632. The molecule has 4 rings (SSSR count). The standard InChI is InChI=1S/C19H25NO2/c21-17-10-14-19(13-9-16-7-3-1-4-8-16)20(17)18(15-22-19)11-5-2-6-12-18/h1,3-4,7-8H,2,5-6,9-15H2/t19-/m0/s1. The van der Waals surface area contributed by atoms with E-state index in [4.69, 9.17) is 4.74 Å². The second-order valence-electron chi connectivity index (χ2n) is 7.23. The first-order chi connectivity index (χ1) is 10.7. The number of rotatable bonds is 3. The van der Waals surface area contributed by atoms with Crippen LogP contribution in [0.15, 0.2) is 30.3 Å². The molecule has 1 aliphatic carbocycles. The lowest BCUT2D eigenvalue weighted by atomic mass is 9.81. The van der Waals surface area contributed by atoms with Crippen LogP contribution in [0.5, 0.6) is 0 Å². The topological polar surface area (TPSA) is 29.5 Å². The third kappa shape index (κ3) is 2.18. The maximum atomic E-state index is 12.6. The molecule has 3 heteroatoms. The Kier molecular flexibility index (Phi) is 3.48. The summed E-state index contributed by atoms with van der Waals surface area (Å²) < 4.78 is 6.36. The summed E-state index contributed by atoms with van der Waals surface area (Å²) in [6, 6.07) is 10.6. The van der Waals surface area contributed by atoms with E-state index in [1.165, 1.54) is 24.8 Å². The highest BCUT2D eigenvalue weighted by molar-refractivity contribution is 5.80. The van der Waals surface area contributed by atoms with Crippen LogP contribution in [-0.4, -0.2) is 28.7 Å². The van der Waals surface area contributed by atoms with E-state index in [0.717, 1.165) is 38.7 Å². The lowest BCUT2D eigenvalue weighted by Crippen LogP contribution is -2.54. The van der Waals surface area contributed by atoms with Crippen molar-refractivity contribution in [2.45, 2.75) is 69.1 Å². The summed E-state index contributed by atoms with van der Waals surface area (Å²) >= 11 is 0. The SMILES string of the molecule is O=C1CC[C@]2(CCc3ccccc3)OCC3(CCCCC3)N12. The van der Waals surface area contributed by atoms with E-state index in [1.54, 1.807) is 0 Å². The number of nitrogens with zero attached hydrogens (tertiary/aromatic N) is 1. The van der Waals surface area contributed by atoms with Gasteiger partial charge in [-0.25, -0.2) is 0 Å². The van der Waals surface area contributed by atoms with Crippen LogP contribution in [-0.2, 0) is 16.0 Å². The Balaban J connectivity index is 1.56. The minimum absolute atomic E-state index is 0.0164. The van der Waals surface area contributed by atoms with Gasteiger partial charge in [0.1, 0.15) is 5.72 Å². The van der Waals surface area contributed by atoms with Crippen LogP contribution < -0.4 is 0 Å². The van der Waals surface area contributed by atoms with Gasteiger partial charge in [-0.05, 0) is 31.2 Å². The summed E-state index contributed by atoms with van der Waals surface area (Å²) in [6.07, 6.45) is 9.50. The lowest BCUT2D eigenvalue weighted by Gasteiger charge is -2.43. The summed E-state index contributed by atoms with van der Waals surface area (Å²) in [5.74, 6) is 0.326. The number of benzene rings is 1. The largest absolute Gasteiger partial charge is 0.353 e. The van der Waals surface area contributed by atoms with Crippen molar-refractivity contribution < 1.29 is 9.53 Å². The van der Waals surface area contributed by atoms with Crippen LogP contribution in [0.1, 0.15) is 56.9 Å². The zero-order valence-electron chi connectivity index (χ0n) is 13.2. The lowest BCUT2D eigenvalue weighted by molar-refractivity contribution is -0.143. The molecule has 1 spiro atoms. The van der Waals surface area contributed by atoms with Crippen LogP contribution >= 0.6 is 0 Å². The third-order valence-electron chi connectivity index (χ3n) is 5.90. The van der Waals surface area contributed by atoms with Gasteiger partial charge < -0.3 is 9.64 Å². The molecule has 0 unspecified atom stereocenters. The predicted molar refractivity (Wildman–Crippen MR) is 85.3 cm³/mol. The van der Waals surface area contributed by atoms with Gasteiger partial charge in [0.2, 0.25) is 5.91 Å². The van der Waals surface area contributed by atoms with Gasteiger partial charge in [-0.3, -0.25) is 4.79 Å². The second-order valence-corrected chi connectivity index (χ2v) is 7.23. The molecular formula is C19H25NO2. The molecule has 3 aliphatic rings. The zero-order chi connectivity index (χ0) is 15.0. The average molecular weight is 299 g/mol. The molecular weight excluding hydrogens is 274 g/mol. The molecule has 2 saturated heterocycles. The molecule has 2 aliphatic heterocycles. The molecule has 0 aromatic heterocycles. The van der Waals surface area contributed by atoms with Gasteiger partial charge in [-0.2, -0.15) is 0 Å². The van der Waals surface area contributed by atoms with Crippen molar-refractivity contribution in [3.8, 4) is 0 Å². The summed E-state index contributed by atoms with van der Waals surface area (Å²) in [6.45, 7) is 0.757. The highest BCUT2D eigenvalue weighted by Gasteiger charge is 2.60. The molecule has 2 heterocycles. The quantitative estimate of drug-likeness (QED) is 0.852. The molecule has 1 amide bonds. The number of fused-ring (bicyclic) bond motifs is 2. The first kappa shape index (κ1) is 14.3. The highest BCUT2D eigenvalue weighted by Crippen LogP contribution is 2.51. The van der Waals surface area contributed by atoms with E-state index >= 15 is 0 Å². The Labute approximate surface area is 132 Å². The smallest absolute Gasteiger partial charge is 0.225 e. The average Bonchev–Trinajstić information content (AvgIpc) is 3.06. The van der Waals surface area contributed by atoms with Crippen molar-refractivity contribution >= 4 is 5.91 Å². The Bertz CT molecular complexity index is 550. The van der Waals surface area contributed by atoms with Crippen LogP contribution in [0.4, 0.5) is 0 Å². The van der Waals surface area contributed by atoms with Crippen molar-refractivity contribution in [3.63, 3.8) is 0 Å². The van der Waals surface area contributed by atoms with Gasteiger partial charge in [0, 0.05) is 12.8 Å². The van der Waals surface area contributed by atoms with Crippen molar-refractivity contribution in [2.24, 2.45) is 0 Å². The van der Waals surface area contributed by atoms with Crippen LogP contribution in [0, 0.1) is 0 Å². The predicted octanol–water partition coefficient (Wildman–Crippen LogP) is 3.67. The van der Waals surface area contributed by atoms with Crippen molar-refractivity contribution in [2.75, 3.05) is 6.61 Å². The molecule has 1 atom stereocenters. The minimum atomic E-state index is -0.315. The molecule has 0 N–H and O–H groups in total. The van der Waals surface area contributed by atoms with Crippen LogP contribution in [0.25, 0.3) is 0 Å². The fourth-order valence-electron chi connectivity index (χ4n) is 4.79. The summed E-state index contributed by atoms with van der Waals surface area (Å²) in [5, 5.41) is 0. The first-order valence-corrected chi connectivity index (χ1v) is 8.75. The Morgan fingerprint density at radius 3 is 2.59 bits per heavy atom. The van der Waals surface area contributed by atoms with E-state index in [2.05, 4.69) is 35.2 Å². The second kappa shape index (κ2) is 5.38. The zero-order valence-corrected chi connectivity index (χ0v) is 13.2. The Morgan fingerprint density at radius 1 is 1.05 bits per heavy atom. The van der Waals surface area contributed by atoms with Crippen LogP contribution in [0.2, 0.25) is 0 Å².